The molecule has 0 radical (unpaired) electrons. The molecule has 2 aromatic heterocycles. The van der Waals surface area contributed by atoms with Gasteiger partial charge >= 0.3 is 0 Å². The number of rotatable bonds is 2. The molecule has 3 rings (SSSR count). The summed E-state index contributed by atoms with van der Waals surface area (Å²) in [4.78, 5) is 19.4. The van der Waals surface area contributed by atoms with Gasteiger partial charge in [0.2, 0.25) is 0 Å². The number of halogens is 1. The van der Waals surface area contributed by atoms with Crippen LogP contribution >= 0.6 is 11.6 Å². The summed E-state index contributed by atoms with van der Waals surface area (Å²) in [6.45, 7) is 3.73. The molecular formula is C15H11ClN2O2. The molecule has 4 nitrogen and oxygen atoms in total. The van der Waals surface area contributed by atoms with Crippen LogP contribution in [0.25, 0.3) is 22.4 Å². The van der Waals surface area contributed by atoms with Gasteiger partial charge in [0.1, 0.15) is 22.3 Å². The smallest absolute Gasteiger partial charge is 0.155 e. The molecule has 0 spiro atoms. The van der Waals surface area contributed by atoms with Crippen LogP contribution in [-0.2, 0) is 0 Å². The highest BCUT2D eigenvalue weighted by Gasteiger charge is 2.16. The molecule has 0 amide bonds. The zero-order chi connectivity index (χ0) is 14.3. The van der Waals surface area contributed by atoms with Crippen LogP contribution in [0.1, 0.15) is 21.7 Å². The van der Waals surface area contributed by atoms with Gasteiger partial charge in [-0.25, -0.2) is 9.97 Å². The first-order valence-corrected chi connectivity index (χ1v) is 6.46. The van der Waals surface area contributed by atoms with E-state index in [2.05, 4.69) is 9.97 Å². The van der Waals surface area contributed by atoms with E-state index < -0.39 is 0 Å². The molecule has 0 saturated heterocycles. The molecule has 0 N–H and O–H groups in total. The van der Waals surface area contributed by atoms with Gasteiger partial charge in [-0.15, -0.1) is 0 Å². The van der Waals surface area contributed by atoms with Crippen LogP contribution in [0.15, 0.2) is 28.7 Å². The fourth-order valence-corrected chi connectivity index (χ4v) is 2.38. The van der Waals surface area contributed by atoms with Crippen LogP contribution in [0, 0.1) is 13.8 Å². The van der Waals surface area contributed by atoms with E-state index in [1.807, 2.05) is 31.2 Å². The zero-order valence-corrected chi connectivity index (χ0v) is 11.7. The van der Waals surface area contributed by atoms with E-state index in [-0.39, 0.29) is 10.7 Å². The lowest BCUT2D eigenvalue weighted by Crippen LogP contribution is -1.98. The highest BCUT2D eigenvalue weighted by atomic mass is 35.5. The number of carbonyl (C=O) groups is 1. The molecule has 5 heteroatoms. The molecule has 0 fully saturated rings. The van der Waals surface area contributed by atoms with E-state index in [0.717, 1.165) is 16.5 Å². The van der Waals surface area contributed by atoms with Gasteiger partial charge in [0.25, 0.3) is 0 Å². The van der Waals surface area contributed by atoms with Crippen molar-refractivity contribution in [2.24, 2.45) is 0 Å². The Balaban J connectivity index is 2.27. The Morgan fingerprint density at radius 3 is 2.75 bits per heavy atom. The molecule has 0 atom stereocenters. The maximum atomic E-state index is 11.2. The molecule has 0 aliphatic rings. The monoisotopic (exact) mass is 286 g/mol. The Bertz CT molecular complexity index is 824. The largest absolute Gasteiger partial charge is 0.454 e. The van der Waals surface area contributed by atoms with Crippen molar-refractivity contribution in [3.8, 4) is 11.5 Å². The number of hydrogen-bond acceptors (Lipinski definition) is 4. The van der Waals surface area contributed by atoms with Crippen molar-refractivity contribution >= 4 is 28.9 Å². The van der Waals surface area contributed by atoms with E-state index in [1.165, 1.54) is 0 Å². The molecule has 3 aromatic rings. The Morgan fingerprint density at radius 2 is 2.00 bits per heavy atom. The molecule has 1 aromatic carbocycles. The minimum atomic E-state index is 0.138. The number of aryl methyl sites for hydroxylation is 2. The molecule has 0 bridgehead atoms. The van der Waals surface area contributed by atoms with Crippen molar-refractivity contribution in [3.63, 3.8) is 0 Å². The van der Waals surface area contributed by atoms with Crippen molar-refractivity contribution < 1.29 is 9.21 Å². The van der Waals surface area contributed by atoms with Crippen molar-refractivity contribution in [2.45, 2.75) is 13.8 Å². The van der Waals surface area contributed by atoms with Gasteiger partial charge in [-0.2, -0.15) is 0 Å². The molecule has 0 unspecified atom stereocenters. The second-order valence-corrected chi connectivity index (χ2v) is 4.95. The SMILES string of the molecule is Cc1ccc2oc(-c3nc(C)nc(Cl)c3C=O)cc2c1. The number of benzene rings is 1. The number of nitrogens with zero attached hydrogens (tertiary/aromatic N) is 2. The first-order chi connectivity index (χ1) is 9.58. The molecule has 0 aliphatic carbocycles. The average Bonchev–Trinajstić information content (AvgIpc) is 2.80. The van der Waals surface area contributed by atoms with Crippen LogP contribution < -0.4 is 0 Å². The van der Waals surface area contributed by atoms with Gasteiger partial charge < -0.3 is 4.42 Å². The molecule has 0 saturated carbocycles. The maximum absolute atomic E-state index is 11.2. The molecule has 0 aliphatic heterocycles. The molecule has 20 heavy (non-hydrogen) atoms. The number of aromatic nitrogens is 2. The van der Waals surface area contributed by atoms with Crippen LogP contribution in [0.5, 0.6) is 0 Å². The van der Waals surface area contributed by atoms with Gasteiger partial charge in [0, 0.05) is 5.39 Å². The van der Waals surface area contributed by atoms with E-state index in [4.69, 9.17) is 16.0 Å². The summed E-state index contributed by atoms with van der Waals surface area (Å²) < 4.78 is 5.75. The first kappa shape index (κ1) is 12.8. The quantitative estimate of drug-likeness (QED) is 0.528. The normalized spacial score (nSPS) is 10.9. The summed E-state index contributed by atoms with van der Waals surface area (Å²) in [6.07, 6.45) is 0.648. The summed E-state index contributed by atoms with van der Waals surface area (Å²) in [5.74, 6) is 1.01. The van der Waals surface area contributed by atoms with Crippen molar-refractivity contribution in [2.75, 3.05) is 0 Å². The van der Waals surface area contributed by atoms with E-state index >= 15 is 0 Å². The molecule has 2 heterocycles. The minimum Gasteiger partial charge on any atom is -0.454 e. The molecule has 100 valence electrons. The fourth-order valence-electron chi connectivity index (χ4n) is 2.12. The van der Waals surface area contributed by atoms with Crippen molar-refractivity contribution in [1.82, 2.24) is 9.97 Å². The number of hydrogen-bond donors (Lipinski definition) is 0. The van der Waals surface area contributed by atoms with Crippen LogP contribution in [0.4, 0.5) is 0 Å². The van der Waals surface area contributed by atoms with Gasteiger partial charge in [-0.3, -0.25) is 4.79 Å². The predicted molar refractivity (Wildman–Crippen MR) is 77.1 cm³/mol. The van der Waals surface area contributed by atoms with Gasteiger partial charge in [0.05, 0.1) is 5.56 Å². The average molecular weight is 287 g/mol. The Hall–Kier alpha value is -2.20. The first-order valence-electron chi connectivity index (χ1n) is 6.08. The number of fused-ring (bicyclic) bond motifs is 1. The standard InChI is InChI=1S/C15H11ClN2O2/c1-8-3-4-12-10(5-8)6-13(20-12)14-11(7-19)15(16)18-9(2)17-14/h3-7H,1-2H3. The third kappa shape index (κ3) is 2.08. The number of furan rings is 1. The van der Waals surface area contributed by atoms with Crippen LogP contribution in [0.2, 0.25) is 5.15 Å². The van der Waals surface area contributed by atoms with E-state index in [1.54, 1.807) is 6.92 Å². The number of aldehydes is 1. The summed E-state index contributed by atoms with van der Waals surface area (Å²) in [5.41, 5.74) is 2.55. The van der Waals surface area contributed by atoms with Gasteiger partial charge in [-0.05, 0) is 32.0 Å². The lowest BCUT2D eigenvalue weighted by atomic mass is 10.1. The summed E-state index contributed by atoms with van der Waals surface area (Å²) in [5, 5.41) is 1.10. The van der Waals surface area contributed by atoms with E-state index in [0.29, 0.717) is 23.6 Å². The Kier molecular flexibility index (Phi) is 3.03. The zero-order valence-electron chi connectivity index (χ0n) is 11.0. The van der Waals surface area contributed by atoms with Crippen molar-refractivity contribution in [1.29, 1.82) is 0 Å². The third-order valence-corrected chi connectivity index (χ3v) is 3.32. The second-order valence-electron chi connectivity index (χ2n) is 4.59. The Morgan fingerprint density at radius 1 is 1.20 bits per heavy atom. The van der Waals surface area contributed by atoms with E-state index in [9.17, 15) is 4.79 Å². The lowest BCUT2D eigenvalue weighted by Gasteiger charge is -2.03. The minimum absolute atomic E-state index is 0.138. The van der Waals surface area contributed by atoms with Crippen LogP contribution in [0.3, 0.4) is 0 Å². The summed E-state index contributed by atoms with van der Waals surface area (Å²) in [7, 11) is 0. The van der Waals surface area contributed by atoms with Crippen LogP contribution in [-0.4, -0.2) is 16.3 Å². The summed E-state index contributed by atoms with van der Waals surface area (Å²) in [6, 6.07) is 7.73. The third-order valence-electron chi connectivity index (χ3n) is 3.03. The Labute approximate surface area is 120 Å². The lowest BCUT2D eigenvalue weighted by molar-refractivity contribution is 0.112. The molecular weight excluding hydrogens is 276 g/mol. The van der Waals surface area contributed by atoms with Crippen molar-refractivity contribution in [3.05, 3.63) is 46.4 Å². The predicted octanol–water partition coefficient (Wildman–Crippen LogP) is 3.97. The second kappa shape index (κ2) is 4.72. The summed E-state index contributed by atoms with van der Waals surface area (Å²) >= 11 is 5.98. The topological polar surface area (TPSA) is 56.0 Å². The number of carbonyl (C=O) groups excluding carboxylic acids is 1. The highest BCUT2D eigenvalue weighted by Crippen LogP contribution is 2.30. The van der Waals surface area contributed by atoms with Gasteiger partial charge in [0.15, 0.2) is 12.0 Å². The highest BCUT2D eigenvalue weighted by molar-refractivity contribution is 6.32. The fraction of sp³-hybridized carbons (Fsp3) is 0.133. The maximum Gasteiger partial charge on any atom is 0.155 e. The van der Waals surface area contributed by atoms with Gasteiger partial charge in [-0.1, -0.05) is 23.2 Å².